The van der Waals surface area contributed by atoms with Crippen LogP contribution in [0.2, 0.25) is 0 Å². The number of aromatic nitrogens is 2. The second kappa shape index (κ2) is 5.98. The van der Waals surface area contributed by atoms with Crippen molar-refractivity contribution in [2.45, 2.75) is 0 Å². The molecule has 4 aromatic rings. The maximum Gasteiger partial charge on any atom is 0.294 e. The Labute approximate surface area is 151 Å². The van der Waals surface area contributed by atoms with E-state index < -0.39 is 0 Å². The summed E-state index contributed by atoms with van der Waals surface area (Å²) >= 11 is 0. The van der Waals surface area contributed by atoms with Crippen LogP contribution >= 0.6 is 0 Å². The van der Waals surface area contributed by atoms with Crippen LogP contribution in [0.15, 0.2) is 39.5 Å². The Hall–Kier alpha value is -3.15. The second-order valence-electron chi connectivity index (χ2n) is 6.22. The van der Waals surface area contributed by atoms with Crippen molar-refractivity contribution < 1.29 is 13.9 Å². The van der Waals surface area contributed by atoms with E-state index in [1.54, 1.807) is 14.2 Å². The van der Waals surface area contributed by atoms with Crippen LogP contribution in [0.5, 0.6) is 11.5 Å². The lowest BCUT2D eigenvalue weighted by Gasteiger charge is -2.12. The van der Waals surface area contributed by atoms with Crippen molar-refractivity contribution >= 4 is 48.7 Å². The average Bonchev–Trinajstić information content (AvgIpc) is 3.00. The zero-order chi connectivity index (χ0) is 18.4. The minimum atomic E-state index is -0.312. The van der Waals surface area contributed by atoms with E-state index in [4.69, 9.17) is 13.9 Å². The first-order valence-corrected chi connectivity index (χ1v) is 8.18. The second-order valence-corrected chi connectivity index (χ2v) is 6.22. The minimum Gasteiger partial charge on any atom is -0.493 e. The molecule has 0 bridgehead atoms. The largest absolute Gasteiger partial charge is 0.493 e. The standard InChI is InChI=1S/C18H16B2N2O4/c1-24-13-6-9(11(20)7-14(13)25-2)17-21-15-10-5-8(19)3-4-12(10)26-16(15)18(23)22-17/h3-7H,19-20H2,1-2H3,(H,21,22,23). The van der Waals surface area contributed by atoms with Gasteiger partial charge in [-0.3, -0.25) is 4.79 Å². The van der Waals surface area contributed by atoms with Crippen molar-refractivity contribution in [3.8, 4) is 22.9 Å². The number of fused-ring (bicyclic) bond motifs is 3. The number of nitrogens with one attached hydrogen (secondary N) is 1. The highest BCUT2D eigenvalue weighted by atomic mass is 16.5. The fraction of sp³-hybridized carbons (Fsp3) is 0.111. The summed E-state index contributed by atoms with van der Waals surface area (Å²) in [4.78, 5) is 20.1. The molecular weight excluding hydrogens is 330 g/mol. The Morgan fingerprint density at radius 1 is 1.08 bits per heavy atom. The van der Waals surface area contributed by atoms with E-state index in [0.29, 0.717) is 28.4 Å². The molecule has 0 aliphatic heterocycles. The topological polar surface area (TPSA) is 77.4 Å². The van der Waals surface area contributed by atoms with E-state index in [-0.39, 0.29) is 11.1 Å². The van der Waals surface area contributed by atoms with Crippen LogP contribution in [0, 0.1) is 0 Å². The summed E-state index contributed by atoms with van der Waals surface area (Å²) in [5, 5.41) is 0.825. The van der Waals surface area contributed by atoms with Gasteiger partial charge in [0.05, 0.1) is 14.2 Å². The van der Waals surface area contributed by atoms with Gasteiger partial charge < -0.3 is 18.9 Å². The number of ether oxygens (including phenoxy) is 2. The van der Waals surface area contributed by atoms with Gasteiger partial charge in [-0.25, -0.2) is 4.98 Å². The molecule has 6 nitrogen and oxygen atoms in total. The first-order chi connectivity index (χ1) is 12.5. The van der Waals surface area contributed by atoms with Crippen LogP contribution < -0.4 is 26.0 Å². The molecule has 0 radical (unpaired) electrons. The molecular formula is C18H16B2N2O4. The Bertz CT molecular complexity index is 1210. The van der Waals surface area contributed by atoms with E-state index in [1.807, 2.05) is 46.0 Å². The molecule has 0 aliphatic carbocycles. The monoisotopic (exact) mass is 346 g/mol. The molecule has 128 valence electrons. The predicted octanol–water partition coefficient (Wildman–Crippen LogP) is -0.130. The molecule has 0 aliphatic rings. The highest BCUT2D eigenvalue weighted by Gasteiger charge is 2.17. The van der Waals surface area contributed by atoms with Crippen LogP contribution in [0.3, 0.4) is 0 Å². The van der Waals surface area contributed by atoms with Crippen molar-refractivity contribution in [3.05, 3.63) is 40.7 Å². The molecule has 4 rings (SSSR count). The molecule has 0 saturated heterocycles. The summed E-state index contributed by atoms with van der Waals surface area (Å²) in [5.74, 6) is 1.66. The third-order valence-corrected chi connectivity index (χ3v) is 4.46. The molecule has 2 aromatic heterocycles. The van der Waals surface area contributed by atoms with Gasteiger partial charge in [0.2, 0.25) is 5.58 Å². The number of furan rings is 1. The number of hydrogen-bond acceptors (Lipinski definition) is 5. The summed E-state index contributed by atoms with van der Waals surface area (Å²) in [5.41, 5.74) is 3.87. The van der Waals surface area contributed by atoms with Gasteiger partial charge in [0, 0.05) is 10.9 Å². The fourth-order valence-corrected chi connectivity index (χ4v) is 3.13. The molecule has 1 N–H and O–H groups in total. The van der Waals surface area contributed by atoms with Gasteiger partial charge in [-0.2, -0.15) is 0 Å². The highest BCUT2D eigenvalue weighted by Crippen LogP contribution is 2.30. The Balaban J connectivity index is 2.02. The number of methoxy groups -OCH3 is 2. The summed E-state index contributed by atoms with van der Waals surface area (Å²) in [6.07, 6.45) is 0. The number of hydrogen-bond donors (Lipinski definition) is 1. The predicted molar refractivity (Wildman–Crippen MR) is 107 cm³/mol. The van der Waals surface area contributed by atoms with E-state index in [2.05, 4.69) is 9.97 Å². The average molecular weight is 346 g/mol. The summed E-state index contributed by atoms with van der Waals surface area (Å²) in [6.45, 7) is 0. The van der Waals surface area contributed by atoms with Crippen molar-refractivity contribution in [2.75, 3.05) is 14.2 Å². The molecule has 0 unspecified atom stereocenters. The lowest BCUT2D eigenvalue weighted by molar-refractivity contribution is 0.355. The van der Waals surface area contributed by atoms with Gasteiger partial charge in [0.25, 0.3) is 5.56 Å². The molecule has 2 heterocycles. The van der Waals surface area contributed by atoms with Gasteiger partial charge >= 0.3 is 0 Å². The fourth-order valence-electron chi connectivity index (χ4n) is 3.13. The van der Waals surface area contributed by atoms with Crippen molar-refractivity contribution in [3.63, 3.8) is 0 Å². The SMILES string of the molecule is Bc1ccc2oc3c(=O)[nH]c(-c4cc(OC)c(OC)cc4B)nc3c2c1. The molecule has 0 saturated carbocycles. The van der Waals surface area contributed by atoms with E-state index in [1.165, 1.54) is 0 Å². The minimum absolute atomic E-state index is 0.229. The highest BCUT2D eigenvalue weighted by molar-refractivity contribution is 6.36. The molecule has 26 heavy (non-hydrogen) atoms. The Morgan fingerprint density at radius 2 is 1.81 bits per heavy atom. The van der Waals surface area contributed by atoms with Gasteiger partial charge in [-0.05, 0) is 18.2 Å². The molecule has 2 aromatic carbocycles. The number of benzene rings is 2. The van der Waals surface area contributed by atoms with Gasteiger partial charge in [0.15, 0.2) is 11.5 Å². The van der Waals surface area contributed by atoms with E-state index in [9.17, 15) is 4.79 Å². The Morgan fingerprint density at radius 3 is 2.54 bits per heavy atom. The quantitative estimate of drug-likeness (QED) is 0.523. The summed E-state index contributed by atoms with van der Waals surface area (Å²) < 4.78 is 16.4. The first-order valence-electron chi connectivity index (χ1n) is 8.18. The lowest BCUT2D eigenvalue weighted by atomic mass is 9.89. The van der Waals surface area contributed by atoms with E-state index >= 15 is 0 Å². The zero-order valence-electron chi connectivity index (χ0n) is 15.0. The van der Waals surface area contributed by atoms with Gasteiger partial charge in [-0.1, -0.05) is 23.1 Å². The normalized spacial score (nSPS) is 11.2. The summed E-state index contributed by atoms with van der Waals surface area (Å²) in [6, 6.07) is 9.44. The van der Waals surface area contributed by atoms with Crippen molar-refractivity contribution in [1.82, 2.24) is 9.97 Å². The maximum absolute atomic E-state index is 12.6. The number of aromatic amines is 1. The molecule has 8 heteroatoms. The maximum atomic E-state index is 12.6. The molecule has 0 spiro atoms. The first kappa shape index (κ1) is 16.3. The van der Waals surface area contributed by atoms with Crippen LogP contribution in [0.1, 0.15) is 0 Å². The third-order valence-electron chi connectivity index (χ3n) is 4.46. The van der Waals surface area contributed by atoms with Crippen LogP contribution in [0.25, 0.3) is 33.5 Å². The molecule has 0 atom stereocenters. The van der Waals surface area contributed by atoms with Gasteiger partial charge in [0.1, 0.15) is 32.6 Å². The Kier molecular flexibility index (Phi) is 3.76. The van der Waals surface area contributed by atoms with E-state index in [0.717, 1.165) is 21.9 Å². The molecule has 0 fully saturated rings. The van der Waals surface area contributed by atoms with Crippen molar-refractivity contribution in [2.24, 2.45) is 0 Å². The van der Waals surface area contributed by atoms with Crippen molar-refractivity contribution in [1.29, 1.82) is 0 Å². The van der Waals surface area contributed by atoms with Crippen LogP contribution in [-0.4, -0.2) is 39.9 Å². The third kappa shape index (κ3) is 2.45. The lowest BCUT2D eigenvalue weighted by Crippen LogP contribution is -2.14. The number of nitrogens with zero attached hydrogens (tertiary/aromatic N) is 1. The summed E-state index contributed by atoms with van der Waals surface area (Å²) in [7, 11) is 7.08. The number of H-pyrrole nitrogens is 1. The van der Waals surface area contributed by atoms with Gasteiger partial charge in [-0.15, -0.1) is 0 Å². The smallest absolute Gasteiger partial charge is 0.294 e. The molecule has 0 amide bonds. The van der Waals surface area contributed by atoms with Crippen LogP contribution in [-0.2, 0) is 0 Å². The zero-order valence-corrected chi connectivity index (χ0v) is 15.0. The number of rotatable bonds is 3. The van der Waals surface area contributed by atoms with Crippen LogP contribution in [0.4, 0.5) is 0 Å².